The lowest BCUT2D eigenvalue weighted by Gasteiger charge is -2.49. The van der Waals surface area contributed by atoms with E-state index in [2.05, 4.69) is 39.7 Å². The van der Waals surface area contributed by atoms with Crippen LogP contribution in [0.3, 0.4) is 0 Å². The molecule has 1 atom stereocenters. The minimum atomic E-state index is -0.533. The third-order valence-electron chi connectivity index (χ3n) is 7.88. The highest BCUT2D eigenvalue weighted by molar-refractivity contribution is 5.99. The van der Waals surface area contributed by atoms with Crippen LogP contribution in [-0.2, 0) is 9.53 Å². The lowest BCUT2D eigenvalue weighted by atomic mass is 9.90. The number of dihydropyridines is 1. The molecule has 34 heavy (non-hydrogen) atoms. The molecule has 3 saturated heterocycles. The number of piperazine rings is 1. The molecular weight excluding hydrogens is 430 g/mol. The molecule has 5 aliphatic heterocycles. The molecule has 5 aliphatic rings. The average molecular weight is 466 g/mol. The van der Waals surface area contributed by atoms with Gasteiger partial charge in [0.1, 0.15) is 17.7 Å². The largest absolute Gasteiger partial charge is 0.378 e. The molecule has 5 heterocycles. The van der Waals surface area contributed by atoms with Gasteiger partial charge >= 0.3 is 0 Å². The molecule has 0 aromatic heterocycles. The fraction of sp³-hybridized carbons (Fsp3) is 0.680. The number of allylic oxidation sites excluding steroid dienone is 1. The van der Waals surface area contributed by atoms with Crippen LogP contribution in [0.25, 0.3) is 0 Å². The lowest BCUT2D eigenvalue weighted by Crippen LogP contribution is -2.61. The molecule has 182 valence electrons. The Morgan fingerprint density at radius 3 is 2.50 bits per heavy atom. The van der Waals surface area contributed by atoms with Crippen molar-refractivity contribution < 1.29 is 9.53 Å². The molecule has 0 aromatic carbocycles. The van der Waals surface area contributed by atoms with Crippen LogP contribution in [0.2, 0.25) is 0 Å². The first-order chi connectivity index (χ1) is 16.5. The minimum absolute atomic E-state index is 0.0590. The standard InChI is InChI=1S/C25H35N7O2/c1-25(2,31-12-10-29(11-13-31)19-16-34-17-19)23(32-18-28-21-15-27-7-6-22(21)32)20(14-26)24(33)30-8-4-3-5-9-30/h6-7,18-19,21H,3-5,8-13,15-17H2,1-2H3. The predicted octanol–water partition coefficient (Wildman–Crippen LogP) is 1.25. The van der Waals surface area contributed by atoms with E-state index < -0.39 is 5.54 Å². The number of carbonyl (C=O) groups is 1. The Bertz CT molecular complexity index is 958. The van der Waals surface area contributed by atoms with Gasteiger partial charge in [-0.2, -0.15) is 5.26 Å². The number of nitriles is 1. The van der Waals surface area contributed by atoms with Crippen LogP contribution in [0.15, 0.2) is 33.0 Å². The van der Waals surface area contributed by atoms with E-state index in [1.165, 1.54) is 0 Å². The number of hydrogen-bond donors (Lipinski definition) is 0. The molecule has 0 N–H and O–H groups in total. The van der Waals surface area contributed by atoms with Gasteiger partial charge in [-0.25, -0.2) is 0 Å². The monoisotopic (exact) mass is 465 g/mol. The van der Waals surface area contributed by atoms with E-state index in [0.29, 0.717) is 25.7 Å². The van der Waals surface area contributed by atoms with Crippen LogP contribution in [0, 0.1) is 11.3 Å². The molecule has 1 unspecified atom stereocenters. The molecule has 9 nitrogen and oxygen atoms in total. The number of aliphatic imine (C=N–C) groups is 2. The zero-order chi connectivity index (χ0) is 23.7. The van der Waals surface area contributed by atoms with Crippen molar-refractivity contribution in [2.24, 2.45) is 9.98 Å². The van der Waals surface area contributed by atoms with E-state index in [1.807, 2.05) is 15.9 Å². The molecular formula is C25H35N7O2. The first-order valence-electron chi connectivity index (χ1n) is 12.5. The highest BCUT2D eigenvalue weighted by Crippen LogP contribution is 2.37. The van der Waals surface area contributed by atoms with Gasteiger partial charge in [0.25, 0.3) is 5.91 Å². The quantitative estimate of drug-likeness (QED) is 0.449. The number of amides is 1. The Kier molecular flexibility index (Phi) is 6.56. The molecule has 0 spiro atoms. The van der Waals surface area contributed by atoms with Crippen molar-refractivity contribution in [2.45, 2.75) is 50.7 Å². The molecule has 1 amide bonds. The minimum Gasteiger partial charge on any atom is -0.378 e. The summed E-state index contributed by atoms with van der Waals surface area (Å²) in [6.07, 6.45) is 8.68. The number of fused-ring (bicyclic) bond motifs is 1. The van der Waals surface area contributed by atoms with Crippen LogP contribution in [0.5, 0.6) is 0 Å². The second kappa shape index (κ2) is 9.61. The van der Waals surface area contributed by atoms with Gasteiger partial charge in [-0.05, 0) is 39.2 Å². The Labute approximate surface area is 202 Å². The highest BCUT2D eigenvalue weighted by Gasteiger charge is 2.44. The Morgan fingerprint density at radius 2 is 1.85 bits per heavy atom. The summed E-state index contributed by atoms with van der Waals surface area (Å²) in [5.41, 5.74) is 1.42. The third-order valence-corrected chi connectivity index (χ3v) is 7.88. The summed E-state index contributed by atoms with van der Waals surface area (Å²) in [5, 5.41) is 10.4. The number of ether oxygens (including phenoxy) is 1. The van der Waals surface area contributed by atoms with Crippen molar-refractivity contribution in [2.75, 3.05) is 59.0 Å². The van der Waals surface area contributed by atoms with Crippen molar-refractivity contribution in [3.05, 3.63) is 23.0 Å². The zero-order valence-electron chi connectivity index (χ0n) is 20.3. The number of nitrogens with zero attached hydrogens (tertiary/aromatic N) is 7. The number of hydrogen-bond acceptors (Lipinski definition) is 8. The van der Waals surface area contributed by atoms with E-state index in [-0.39, 0.29) is 17.5 Å². The maximum absolute atomic E-state index is 13.7. The molecule has 3 fully saturated rings. The Hall–Kier alpha value is -2.54. The normalized spacial score (nSPS) is 27.1. The van der Waals surface area contributed by atoms with Crippen molar-refractivity contribution in [1.82, 2.24) is 19.6 Å². The summed E-state index contributed by atoms with van der Waals surface area (Å²) in [5.74, 6) is -0.155. The second-order valence-electron chi connectivity index (χ2n) is 10.2. The lowest BCUT2D eigenvalue weighted by molar-refractivity contribution is -0.127. The topological polar surface area (TPSA) is 87.8 Å². The van der Waals surface area contributed by atoms with E-state index in [0.717, 1.165) is 70.0 Å². The predicted molar refractivity (Wildman–Crippen MR) is 130 cm³/mol. The summed E-state index contributed by atoms with van der Waals surface area (Å²) in [4.78, 5) is 31.5. The summed E-state index contributed by atoms with van der Waals surface area (Å²) in [6.45, 7) is 11.6. The van der Waals surface area contributed by atoms with Gasteiger partial charge in [0.05, 0.1) is 49.1 Å². The van der Waals surface area contributed by atoms with Gasteiger partial charge < -0.3 is 14.5 Å². The van der Waals surface area contributed by atoms with Crippen LogP contribution in [0.4, 0.5) is 0 Å². The van der Waals surface area contributed by atoms with Crippen LogP contribution >= 0.6 is 0 Å². The fourth-order valence-corrected chi connectivity index (χ4v) is 5.67. The Balaban J connectivity index is 1.49. The molecule has 0 bridgehead atoms. The molecule has 9 heteroatoms. The van der Waals surface area contributed by atoms with Crippen LogP contribution < -0.4 is 0 Å². The average Bonchev–Trinajstić information content (AvgIpc) is 3.25. The molecule has 0 saturated carbocycles. The van der Waals surface area contributed by atoms with Gasteiger partial charge in [0, 0.05) is 45.5 Å². The van der Waals surface area contributed by atoms with Crippen molar-refractivity contribution >= 4 is 18.5 Å². The first-order valence-corrected chi connectivity index (χ1v) is 12.5. The van der Waals surface area contributed by atoms with Crippen LogP contribution in [0.1, 0.15) is 33.1 Å². The maximum atomic E-state index is 13.7. The molecule has 0 aromatic rings. The van der Waals surface area contributed by atoms with Gasteiger partial charge in [-0.15, -0.1) is 0 Å². The van der Waals surface area contributed by atoms with Crippen molar-refractivity contribution in [1.29, 1.82) is 5.26 Å². The summed E-state index contributed by atoms with van der Waals surface area (Å²) < 4.78 is 5.39. The van der Waals surface area contributed by atoms with E-state index in [4.69, 9.17) is 4.74 Å². The number of piperidine rings is 1. The van der Waals surface area contributed by atoms with Gasteiger partial charge in [0.15, 0.2) is 0 Å². The van der Waals surface area contributed by atoms with E-state index in [9.17, 15) is 10.1 Å². The van der Waals surface area contributed by atoms with Gasteiger partial charge in [0.2, 0.25) is 0 Å². The summed E-state index contributed by atoms with van der Waals surface area (Å²) in [7, 11) is 0. The van der Waals surface area contributed by atoms with Crippen molar-refractivity contribution in [3.8, 4) is 6.07 Å². The number of carbonyl (C=O) groups excluding carboxylic acids is 1. The maximum Gasteiger partial charge on any atom is 0.266 e. The molecule has 0 radical (unpaired) electrons. The van der Waals surface area contributed by atoms with Crippen molar-refractivity contribution in [3.63, 3.8) is 0 Å². The molecule has 5 rings (SSSR count). The van der Waals surface area contributed by atoms with Crippen LogP contribution in [-0.4, -0.2) is 115 Å². The zero-order valence-corrected chi connectivity index (χ0v) is 20.3. The number of likely N-dealkylation sites (tertiary alicyclic amines) is 1. The number of rotatable bonds is 5. The summed E-state index contributed by atoms with van der Waals surface area (Å²) in [6, 6.07) is 2.80. The first kappa shape index (κ1) is 23.2. The Morgan fingerprint density at radius 1 is 1.12 bits per heavy atom. The SMILES string of the molecule is CC(C)(C(=C(C#N)C(=O)N1CCCCC1)N1C=NC2CN=CC=C21)N1CCN(C2COC2)CC1. The third kappa shape index (κ3) is 4.19. The summed E-state index contributed by atoms with van der Waals surface area (Å²) >= 11 is 0. The fourth-order valence-electron chi connectivity index (χ4n) is 5.67. The van der Waals surface area contributed by atoms with E-state index >= 15 is 0 Å². The smallest absolute Gasteiger partial charge is 0.266 e. The highest BCUT2D eigenvalue weighted by atomic mass is 16.5. The second-order valence-corrected chi connectivity index (χ2v) is 10.2. The van der Waals surface area contributed by atoms with Gasteiger partial charge in [-0.3, -0.25) is 24.6 Å². The van der Waals surface area contributed by atoms with Gasteiger partial charge in [-0.1, -0.05) is 0 Å². The molecule has 0 aliphatic carbocycles. The van der Waals surface area contributed by atoms with E-state index in [1.54, 1.807) is 12.6 Å².